The van der Waals surface area contributed by atoms with Gasteiger partial charge >= 0.3 is 5.69 Å². The highest BCUT2D eigenvalue weighted by Gasteiger charge is 2.16. The van der Waals surface area contributed by atoms with Crippen LogP contribution in [0.15, 0.2) is 36.5 Å². The topological polar surface area (TPSA) is 107 Å². The van der Waals surface area contributed by atoms with Crippen LogP contribution in [-0.2, 0) is 0 Å². The number of hydrogen-bond donors (Lipinski definition) is 2. The van der Waals surface area contributed by atoms with E-state index in [1.54, 1.807) is 18.2 Å². The van der Waals surface area contributed by atoms with E-state index in [-0.39, 0.29) is 18.1 Å². The first-order chi connectivity index (χ1) is 11.0. The van der Waals surface area contributed by atoms with Crippen molar-refractivity contribution in [3.05, 3.63) is 52.2 Å². The summed E-state index contributed by atoms with van der Waals surface area (Å²) in [6, 6.07) is 7.85. The van der Waals surface area contributed by atoms with Crippen LogP contribution < -0.4 is 14.8 Å². The zero-order chi connectivity index (χ0) is 16.8. The molecule has 0 bridgehead atoms. The first-order valence-electron chi connectivity index (χ1n) is 6.79. The quantitative estimate of drug-likeness (QED) is 0.595. The van der Waals surface area contributed by atoms with Crippen molar-refractivity contribution in [2.24, 2.45) is 0 Å². The molecule has 1 unspecified atom stereocenters. The van der Waals surface area contributed by atoms with Crippen molar-refractivity contribution >= 4 is 11.5 Å². The van der Waals surface area contributed by atoms with Crippen LogP contribution in [0.3, 0.4) is 0 Å². The fourth-order valence-corrected chi connectivity index (χ4v) is 2.01. The Kier molecular flexibility index (Phi) is 5.32. The van der Waals surface area contributed by atoms with Gasteiger partial charge in [0.15, 0.2) is 0 Å². The standard InChI is InChI=1S/C15H17N3O5/c1-22-11-6-10(7-12(8-11)23-2)14(19)9-17-15-13(18(20)21)4-3-5-16-15/h3-8,14,19H,9H2,1-2H3,(H,16,17). The molecule has 1 aromatic heterocycles. The van der Waals surface area contributed by atoms with Crippen molar-refractivity contribution in [1.29, 1.82) is 0 Å². The molecule has 0 radical (unpaired) electrons. The summed E-state index contributed by atoms with van der Waals surface area (Å²) < 4.78 is 10.3. The summed E-state index contributed by atoms with van der Waals surface area (Å²) in [4.78, 5) is 14.3. The number of rotatable bonds is 7. The molecule has 8 heteroatoms. The number of ether oxygens (including phenoxy) is 2. The third-order valence-electron chi connectivity index (χ3n) is 3.20. The maximum absolute atomic E-state index is 10.9. The lowest BCUT2D eigenvalue weighted by molar-refractivity contribution is -0.384. The second-order valence-electron chi connectivity index (χ2n) is 4.67. The van der Waals surface area contributed by atoms with Crippen LogP contribution in [0, 0.1) is 10.1 Å². The largest absolute Gasteiger partial charge is 0.497 e. The van der Waals surface area contributed by atoms with E-state index in [9.17, 15) is 15.2 Å². The molecule has 0 aliphatic rings. The minimum Gasteiger partial charge on any atom is -0.497 e. The molecule has 0 aliphatic heterocycles. The molecule has 1 aromatic carbocycles. The monoisotopic (exact) mass is 319 g/mol. The molecule has 2 rings (SSSR count). The van der Waals surface area contributed by atoms with E-state index in [0.717, 1.165) is 0 Å². The van der Waals surface area contributed by atoms with Gasteiger partial charge in [0.1, 0.15) is 11.5 Å². The van der Waals surface area contributed by atoms with Crippen LogP contribution in [-0.4, -0.2) is 35.8 Å². The average Bonchev–Trinajstić information content (AvgIpc) is 2.59. The molecule has 0 amide bonds. The Morgan fingerprint density at radius 2 is 1.96 bits per heavy atom. The van der Waals surface area contributed by atoms with Gasteiger partial charge in [0.05, 0.1) is 25.2 Å². The maximum Gasteiger partial charge on any atom is 0.311 e. The highest BCUT2D eigenvalue weighted by atomic mass is 16.6. The highest BCUT2D eigenvalue weighted by molar-refractivity contribution is 5.55. The molecule has 0 aliphatic carbocycles. The number of nitrogens with one attached hydrogen (secondary N) is 1. The summed E-state index contributed by atoms with van der Waals surface area (Å²) in [7, 11) is 3.03. The number of aliphatic hydroxyl groups excluding tert-OH is 1. The molecule has 0 spiro atoms. The van der Waals surface area contributed by atoms with E-state index in [4.69, 9.17) is 9.47 Å². The molecule has 122 valence electrons. The lowest BCUT2D eigenvalue weighted by Crippen LogP contribution is -2.14. The van der Waals surface area contributed by atoms with Gasteiger partial charge in [0.2, 0.25) is 5.82 Å². The Morgan fingerprint density at radius 3 is 2.52 bits per heavy atom. The summed E-state index contributed by atoms with van der Waals surface area (Å²) in [6.07, 6.45) is 0.525. The number of pyridine rings is 1. The summed E-state index contributed by atoms with van der Waals surface area (Å²) in [6.45, 7) is 0.0498. The minimum absolute atomic E-state index is 0.0498. The Hall–Kier alpha value is -2.87. The number of hydrogen-bond acceptors (Lipinski definition) is 7. The third kappa shape index (κ3) is 4.07. The zero-order valence-corrected chi connectivity index (χ0v) is 12.7. The Balaban J connectivity index is 2.14. The predicted molar refractivity (Wildman–Crippen MR) is 83.9 cm³/mol. The van der Waals surface area contributed by atoms with E-state index in [1.807, 2.05) is 0 Å². The molecule has 23 heavy (non-hydrogen) atoms. The molecule has 2 aromatic rings. The Bertz CT molecular complexity index is 670. The van der Waals surface area contributed by atoms with Gasteiger partial charge < -0.3 is 19.9 Å². The lowest BCUT2D eigenvalue weighted by Gasteiger charge is -2.15. The number of nitrogens with zero attached hydrogens (tertiary/aromatic N) is 2. The van der Waals surface area contributed by atoms with Crippen LogP contribution in [0.2, 0.25) is 0 Å². The van der Waals surface area contributed by atoms with Crippen molar-refractivity contribution in [3.63, 3.8) is 0 Å². The first kappa shape index (κ1) is 16.5. The average molecular weight is 319 g/mol. The van der Waals surface area contributed by atoms with Crippen molar-refractivity contribution < 1.29 is 19.5 Å². The van der Waals surface area contributed by atoms with Gasteiger partial charge in [-0.2, -0.15) is 0 Å². The fraction of sp³-hybridized carbons (Fsp3) is 0.267. The normalized spacial score (nSPS) is 11.6. The van der Waals surface area contributed by atoms with E-state index in [1.165, 1.54) is 32.5 Å². The molecule has 0 saturated heterocycles. The van der Waals surface area contributed by atoms with Crippen molar-refractivity contribution in [2.75, 3.05) is 26.1 Å². The number of anilines is 1. The second kappa shape index (κ2) is 7.41. The van der Waals surface area contributed by atoms with Gasteiger partial charge in [-0.3, -0.25) is 10.1 Å². The van der Waals surface area contributed by atoms with Crippen LogP contribution in [0.4, 0.5) is 11.5 Å². The summed E-state index contributed by atoms with van der Waals surface area (Å²) >= 11 is 0. The van der Waals surface area contributed by atoms with Crippen LogP contribution in [0.5, 0.6) is 11.5 Å². The molecular weight excluding hydrogens is 302 g/mol. The van der Waals surface area contributed by atoms with Gasteiger partial charge in [-0.05, 0) is 23.8 Å². The van der Waals surface area contributed by atoms with E-state index < -0.39 is 11.0 Å². The molecule has 1 heterocycles. The molecule has 0 saturated carbocycles. The molecule has 2 N–H and O–H groups in total. The molecule has 8 nitrogen and oxygen atoms in total. The summed E-state index contributed by atoms with van der Waals surface area (Å²) in [5.74, 6) is 1.19. The van der Waals surface area contributed by atoms with Crippen LogP contribution >= 0.6 is 0 Å². The van der Waals surface area contributed by atoms with Crippen molar-refractivity contribution in [2.45, 2.75) is 6.10 Å². The Labute approximate surface area is 132 Å². The number of aliphatic hydroxyl groups is 1. The molecule has 1 atom stereocenters. The van der Waals surface area contributed by atoms with Crippen LogP contribution in [0.25, 0.3) is 0 Å². The number of aromatic nitrogens is 1. The highest BCUT2D eigenvalue weighted by Crippen LogP contribution is 2.27. The van der Waals surface area contributed by atoms with Gasteiger partial charge in [-0.1, -0.05) is 0 Å². The van der Waals surface area contributed by atoms with Gasteiger partial charge in [-0.25, -0.2) is 4.98 Å². The summed E-state index contributed by atoms with van der Waals surface area (Å²) in [5, 5.41) is 24.0. The predicted octanol–water partition coefficient (Wildman–Crippen LogP) is 2.15. The summed E-state index contributed by atoms with van der Waals surface area (Å²) in [5.41, 5.74) is 0.412. The third-order valence-corrected chi connectivity index (χ3v) is 3.20. The van der Waals surface area contributed by atoms with Gasteiger partial charge in [0.25, 0.3) is 0 Å². The number of nitro groups is 1. The molecular formula is C15H17N3O5. The zero-order valence-electron chi connectivity index (χ0n) is 12.7. The van der Waals surface area contributed by atoms with Gasteiger partial charge in [-0.15, -0.1) is 0 Å². The number of methoxy groups -OCH3 is 2. The van der Waals surface area contributed by atoms with E-state index >= 15 is 0 Å². The van der Waals surface area contributed by atoms with Crippen LogP contribution in [0.1, 0.15) is 11.7 Å². The van der Waals surface area contributed by atoms with E-state index in [2.05, 4.69) is 10.3 Å². The Morgan fingerprint density at radius 1 is 1.30 bits per heavy atom. The van der Waals surface area contributed by atoms with Gasteiger partial charge in [0, 0.05) is 24.9 Å². The maximum atomic E-state index is 10.9. The molecule has 0 fully saturated rings. The second-order valence-corrected chi connectivity index (χ2v) is 4.67. The fourth-order valence-electron chi connectivity index (χ4n) is 2.01. The SMILES string of the molecule is COc1cc(OC)cc(C(O)CNc2ncccc2[N+](=O)[O-])c1. The number of benzene rings is 1. The smallest absolute Gasteiger partial charge is 0.311 e. The van der Waals surface area contributed by atoms with E-state index in [0.29, 0.717) is 17.1 Å². The van der Waals surface area contributed by atoms with Crippen molar-refractivity contribution in [3.8, 4) is 11.5 Å². The first-order valence-corrected chi connectivity index (χ1v) is 6.79. The minimum atomic E-state index is -0.916. The lowest BCUT2D eigenvalue weighted by atomic mass is 10.1. The van der Waals surface area contributed by atoms with Crippen molar-refractivity contribution in [1.82, 2.24) is 4.98 Å².